The summed E-state index contributed by atoms with van der Waals surface area (Å²) >= 11 is 0. The van der Waals surface area contributed by atoms with Crippen molar-refractivity contribution < 1.29 is 35.1 Å². The van der Waals surface area contributed by atoms with Gasteiger partial charge in [-0.15, -0.1) is 0 Å². The van der Waals surface area contributed by atoms with E-state index in [2.05, 4.69) is 0 Å². The number of hydrogen-bond acceptors (Lipinski definition) is 7. The molecule has 0 aromatic carbocycles. The maximum atomic E-state index is 10.7. The molecule has 0 unspecified atom stereocenters. The molecule has 0 saturated carbocycles. The number of nitrogens with one attached hydrogen (secondary N) is 1. The Bertz CT molecular complexity index is 234. The number of hydrogen-bond donors (Lipinski definition) is 6. The molecule has 8 heteroatoms. The molecule has 0 bridgehead atoms. The molecule has 8 nitrogen and oxygen atoms in total. The summed E-state index contributed by atoms with van der Waals surface area (Å²) in [6, 6.07) is -1.48. The number of rotatable bonds is 7. The van der Waals surface area contributed by atoms with E-state index >= 15 is 0 Å². The topological polar surface area (TPSA) is 147 Å². The van der Waals surface area contributed by atoms with Crippen molar-refractivity contribution in [3.8, 4) is 0 Å². The van der Waals surface area contributed by atoms with Gasteiger partial charge in [0.05, 0.1) is 6.61 Å². The summed E-state index contributed by atoms with van der Waals surface area (Å²) in [5.41, 5.74) is 0. The molecule has 16 heavy (non-hydrogen) atoms. The van der Waals surface area contributed by atoms with Gasteiger partial charge >= 0.3 is 0 Å². The van der Waals surface area contributed by atoms with Crippen LogP contribution >= 0.6 is 0 Å². The summed E-state index contributed by atoms with van der Waals surface area (Å²) < 4.78 is 0. The highest BCUT2D eigenvalue weighted by atomic mass is 16.4. The molecule has 6 N–H and O–H groups in total. The Hall–Kier alpha value is -1.06. The first-order valence-electron chi connectivity index (χ1n) is 4.48. The summed E-state index contributed by atoms with van der Waals surface area (Å²) in [6.07, 6.45) is -5.07. The van der Waals surface area contributed by atoms with E-state index in [1.807, 2.05) is 5.32 Å². The highest BCUT2D eigenvalue weighted by Gasteiger charge is 2.31. The molecule has 94 valence electrons. The van der Waals surface area contributed by atoms with Crippen molar-refractivity contribution in [2.45, 2.75) is 24.4 Å². The Morgan fingerprint density at radius 3 is 2.12 bits per heavy atom. The second kappa shape index (κ2) is 7.25. The van der Waals surface area contributed by atoms with E-state index in [1.54, 1.807) is 0 Å². The third-order valence-corrected chi connectivity index (χ3v) is 1.92. The Kier molecular flexibility index (Phi) is 6.77. The van der Waals surface area contributed by atoms with Crippen LogP contribution in [0.1, 0.15) is 0 Å². The molecule has 0 aromatic heterocycles. The number of carbonyl (C=O) groups excluding carboxylic acids is 2. The van der Waals surface area contributed by atoms with Crippen molar-refractivity contribution in [3.05, 3.63) is 0 Å². The summed E-state index contributed by atoms with van der Waals surface area (Å²) in [4.78, 5) is 21.2. The summed E-state index contributed by atoms with van der Waals surface area (Å²) in [5, 5.41) is 46.4. The van der Waals surface area contributed by atoms with Gasteiger partial charge in [-0.1, -0.05) is 0 Å². The molecular formula is C8H15NO7. The van der Waals surface area contributed by atoms with Crippen molar-refractivity contribution in [1.29, 1.82) is 0 Å². The molecule has 0 fully saturated rings. The second-order valence-electron chi connectivity index (χ2n) is 3.12. The molecular weight excluding hydrogens is 222 g/mol. The maximum Gasteiger partial charge on any atom is 0.246 e. The molecule has 0 aliphatic rings. The fourth-order valence-corrected chi connectivity index (χ4v) is 0.979. The highest BCUT2D eigenvalue weighted by molar-refractivity contribution is 5.80. The third kappa shape index (κ3) is 4.21. The normalized spacial score (nSPS) is 18.3. The van der Waals surface area contributed by atoms with Crippen LogP contribution in [0.15, 0.2) is 0 Å². The van der Waals surface area contributed by atoms with Crippen molar-refractivity contribution in [2.24, 2.45) is 0 Å². The van der Waals surface area contributed by atoms with Crippen LogP contribution in [0.4, 0.5) is 0 Å². The van der Waals surface area contributed by atoms with Gasteiger partial charge < -0.3 is 35.6 Å². The summed E-state index contributed by atoms with van der Waals surface area (Å²) in [6.45, 7) is -1.69. The van der Waals surface area contributed by atoms with Gasteiger partial charge in [-0.2, -0.15) is 0 Å². The van der Waals surface area contributed by atoms with Crippen molar-refractivity contribution >= 4 is 12.2 Å². The smallest absolute Gasteiger partial charge is 0.246 e. The lowest BCUT2D eigenvalue weighted by Crippen LogP contribution is -2.53. The van der Waals surface area contributed by atoms with E-state index in [1.165, 1.54) is 0 Å². The van der Waals surface area contributed by atoms with E-state index < -0.39 is 43.5 Å². The predicted octanol–water partition coefficient (Wildman–Crippen LogP) is -4.26. The van der Waals surface area contributed by atoms with Gasteiger partial charge in [-0.05, 0) is 0 Å². The van der Waals surface area contributed by atoms with E-state index in [-0.39, 0.29) is 6.29 Å². The molecule has 0 spiro atoms. The minimum absolute atomic E-state index is 0.144. The van der Waals surface area contributed by atoms with Crippen molar-refractivity contribution in [2.75, 3.05) is 13.2 Å². The average Bonchev–Trinajstić information content (AvgIpc) is 2.32. The average molecular weight is 237 g/mol. The van der Waals surface area contributed by atoms with Crippen molar-refractivity contribution in [1.82, 2.24) is 5.32 Å². The molecule has 0 radical (unpaired) electrons. The quantitative estimate of drug-likeness (QED) is 0.246. The first-order valence-corrected chi connectivity index (χ1v) is 4.48. The monoisotopic (exact) mass is 237 g/mol. The molecule has 1 amide bonds. The van der Waals surface area contributed by atoms with Crippen LogP contribution in [-0.4, -0.2) is 75.3 Å². The summed E-state index contributed by atoms with van der Waals surface area (Å²) in [7, 11) is 0. The Morgan fingerprint density at radius 2 is 1.75 bits per heavy atom. The maximum absolute atomic E-state index is 10.7. The van der Waals surface area contributed by atoms with Crippen LogP contribution in [0, 0.1) is 0 Å². The van der Waals surface area contributed by atoms with Crippen LogP contribution < -0.4 is 5.32 Å². The zero-order valence-corrected chi connectivity index (χ0v) is 8.35. The minimum Gasteiger partial charge on any atom is -0.394 e. The molecule has 0 aliphatic carbocycles. The van der Waals surface area contributed by atoms with Gasteiger partial charge in [0.15, 0.2) is 0 Å². The Labute approximate surface area is 91.1 Å². The number of aliphatic hydroxyl groups excluding tert-OH is 5. The lowest BCUT2D eigenvalue weighted by Gasteiger charge is -2.25. The van der Waals surface area contributed by atoms with Crippen LogP contribution in [0.3, 0.4) is 0 Å². The first kappa shape index (κ1) is 14.9. The van der Waals surface area contributed by atoms with Gasteiger partial charge in [0, 0.05) is 0 Å². The number of aliphatic hydroxyl groups is 5. The van der Waals surface area contributed by atoms with Gasteiger partial charge in [-0.3, -0.25) is 4.79 Å². The van der Waals surface area contributed by atoms with Gasteiger partial charge in [0.1, 0.15) is 37.2 Å². The largest absolute Gasteiger partial charge is 0.394 e. The van der Waals surface area contributed by atoms with Crippen LogP contribution in [0.2, 0.25) is 0 Å². The number of aldehydes is 1. The van der Waals surface area contributed by atoms with E-state index in [0.29, 0.717) is 0 Å². The number of carbonyl (C=O) groups is 2. The molecule has 0 heterocycles. The lowest BCUT2D eigenvalue weighted by atomic mass is 10.0. The Balaban J connectivity index is 4.45. The predicted molar refractivity (Wildman–Crippen MR) is 50.2 cm³/mol. The zero-order valence-electron chi connectivity index (χ0n) is 8.35. The molecule has 0 aromatic rings. The van der Waals surface area contributed by atoms with Crippen LogP contribution in [0.25, 0.3) is 0 Å². The fraction of sp³-hybridized carbons (Fsp3) is 0.750. The standard InChI is InChI=1S/C8H15NO7/c10-1-4(9-6(14)3-12)7(15)8(16)5(13)2-11/h1,4-5,7-8,11-13,15-16H,2-3H2,(H,9,14)/t4-,5-,7-,8-/m1/s1. The zero-order chi connectivity index (χ0) is 12.7. The third-order valence-electron chi connectivity index (χ3n) is 1.92. The lowest BCUT2D eigenvalue weighted by molar-refractivity contribution is -0.132. The van der Waals surface area contributed by atoms with E-state index in [9.17, 15) is 19.8 Å². The van der Waals surface area contributed by atoms with E-state index in [0.717, 1.165) is 0 Å². The van der Waals surface area contributed by atoms with Gasteiger partial charge in [0.25, 0.3) is 0 Å². The minimum atomic E-state index is -1.79. The van der Waals surface area contributed by atoms with Gasteiger partial charge in [0.2, 0.25) is 5.91 Å². The number of amides is 1. The SMILES string of the molecule is O=C[C@@H](NC(=O)CO)[C@@H](O)[C@H](O)[C@H](O)CO. The summed E-state index contributed by atoms with van der Waals surface area (Å²) in [5.74, 6) is -0.915. The molecule has 0 rings (SSSR count). The van der Waals surface area contributed by atoms with Crippen LogP contribution in [0.5, 0.6) is 0 Å². The van der Waals surface area contributed by atoms with E-state index in [4.69, 9.17) is 15.3 Å². The molecule has 0 aliphatic heterocycles. The molecule has 0 saturated heterocycles. The van der Waals surface area contributed by atoms with Crippen molar-refractivity contribution in [3.63, 3.8) is 0 Å². The fourth-order valence-electron chi connectivity index (χ4n) is 0.979. The second-order valence-corrected chi connectivity index (χ2v) is 3.12. The first-order chi connectivity index (χ1) is 7.47. The van der Waals surface area contributed by atoms with Crippen LogP contribution in [-0.2, 0) is 9.59 Å². The molecule has 4 atom stereocenters. The van der Waals surface area contributed by atoms with Gasteiger partial charge in [-0.25, -0.2) is 0 Å². The Morgan fingerprint density at radius 1 is 1.19 bits per heavy atom. The highest BCUT2D eigenvalue weighted by Crippen LogP contribution is 2.03.